The third kappa shape index (κ3) is 2.98. The van der Waals surface area contributed by atoms with Crippen molar-refractivity contribution >= 4 is 17.2 Å². The molecule has 2 atom stereocenters. The number of thiazole rings is 1. The molecule has 21 heavy (non-hydrogen) atoms. The van der Waals surface area contributed by atoms with E-state index in [1.165, 1.54) is 11.3 Å². The van der Waals surface area contributed by atoms with E-state index in [-0.39, 0.29) is 17.4 Å². The molecule has 2 unspecified atom stereocenters. The highest BCUT2D eigenvalue weighted by Crippen LogP contribution is 2.40. The Balaban J connectivity index is 1.76. The van der Waals surface area contributed by atoms with Gasteiger partial charge in [-0.15, -0.1) is 11.3 Å². The Morgan fingerprint density at radius 1 is 1.67 bits per heavy atom. The van der Waals surface area contributed by atoms with Gasteiger partial charge in [0, 0.05) is 37.1 Å². The number of carbonyl (C=O) groups excluding carboxylic acids is 1. The summed E-state index contributed by atoms with van der Waals surface area (Å²) >= 11 is 1.46. The molecule has 0 aromatic carbocycles. The summed E-state index contributed by atoms with van der Waals surface area (Å²) in [5.74, 6) is 0.0381. The number of amides is 1. The number of aromatic nitrogens is 1. The fraction of sp³-hybridized carbons (Fsp3) is 0.733. The third-order valence-corrected chi connectivity index (χ3v) is 5.11. The van der Waals surface area contributed by atoms with Crippen LogP contribution in [0.2, 0.25) is 0 Å². The fourth-order valence-electron chi connectivity index (χ4n) is 3.46. The molecule has 3 rings (SSSR count). The molecule has 0 saturated carbocycles. The van der Waals surface area contributed by atoms with Crippen molar-refractivity contribution in [2.45, 2.75) is 32.3 Å². The highest BCUT2D eigenvalue weighted by molar-refractivity contribution is 7.07. The van der Waals surface area contributed by atoms with Crippen LogP contribution in [0, 0.1) is 5.41 Å². The van der Waals surface area contributed by atoms with Crippen molar-refractivity contribution < 1.29 is 14.3 Å². The van der Waals surface area contributed by atoms with Gasteiger partial charge in [0.2, 0.25) is 0 Å². The second-order valence-electron chi connectivity index (χ2n) is 5.85. The molecule has 6 heteroatoms. The Morgan fingerprint density at radius 2 is 2.57 bits per heavy atom. The summed E-state index contributed by atoms with van der Waals surface area (Å²) in [5, 5.41) is 1.82. The minimum absolute atomic E-state index is 0.0381. The van der Waals surface area contributed by atoms with E-state index in [0.717, 1.165) is 32.4 Å². The van der Waals surface area contributed by atoms with Gasteiger partial charge in [-0.3, -0.25) is 4.79 Å². The van der Waals surface area contributed by atoms with Crippen LogP contribution < -0.4 is 0 Å². The summed E-state index contributed by atoms with van der Waals surface area (Å²) in [4.78, 5) is 18.6. The Hall–Kier alpha value is -0.980. The number of fused-ring (bicyclic) bond motifs is 1. The molecule has 3 heterocycles. The van der Waals surface area contributed by atoms with E-state index in [2.05, 4.69) is 4.98 Å². The van der Waals surface area contributed by atoms with Crippen molar-refractivity contribution in [3.05, 3.63) is 16.6 Å². The highest BCUT2D eigenvalue weighted by Gasteiger charge is 2.47. The second kappa shape index (κ2) is 6.42. The van der Waals surface area contributed by atoms with Crippen molar-refractivity contribution in [1.29, 1.82) is 0 Å². The molecule has 0 bridgehead atoms. The molecule has 2 fully saturated rings. The summed E-state index contributed by atoms with van der Waals surface area (Å²) in [7, 11) is 0. The van der Waals surface area contributed by atoms with Crippen molar-refractivity contribution in [3.63, 3.8) is 0 Å². The molecule has 1 aromatic rings. The highest BCUT2D eigenvalue weighted by atomic mass is 32.1. The number of piperidine rings is 1. The topological polar surface area (TPSA) is 51.7 Å². The Labute approximate surface area is 129 Å². The first-order valence-corrected chi connectivity index (χ1v) is 8.56. The lowest BCUT2D eigenvalue weighted by Gasteiger charge is -2.50. The molecule has 0 radical (unpaired) electrons. The molecular weight excluding hydrogens is 288 g/mol. The Bertz CT molecular complexity index is 479. The normalized spacial score (nSPS) is 29.2. The number of rotatable bonds is 4. The number of nitrogens with zero attached hydrogens (tertiary/aromatic N) is 2. The largest absolute Gasteiger partial charge is 0.381 e. The molecular formula is C15H22N2O3S. The molecule has 2 saturated heterocycles. The molecule has 2 aliphatic heterocycles. The van der Waals surface area contributed by atoms with Gasteiger partial charge in [-0.25, -0.2) is 4.98 Å². The summed E-state index contributed by atoms with van der Waals surface area (Å²) in [5.41, 5.74) is 2.22. The van der Waals surface area contributed by atoms with Gasteiger partial charge in [0.15, 0.2) is 0 Å². The molecule has 1 amide bonds. The first-order valence-electron chi connectivity index (χ1n) is 7.62. The zero-order valence-electron chi connectivity index (χ0n) is 12.4. The maximum atomic E-state index is 12.5. The van der Waals surface area contributed by atoms with Crippen molar-refractivity contribution in [1.82, 2.24) is 9.88 Å². The van der Waals surface area contributed by atoms with E-state index in [4.69, 9.17) is 9.47 Å². The van der Waals surface area contributed by atoms with Crippen LogP contribution in [0.15, 0.2) is 10.9 Å². The van der Waals surface area contributed by atoms with Crippen molar-refractivity contribution in [3.8, 4) is 0 Å². The van der Waals surface area contributed by atoms with Crippen molar-refractivity contribution in [2.24, 2.45) is 5.41 Å². The smallest absolute Gasteiger partial charge is 0.273 e. The molecule has 1 aromatic heterocycles. The Morgan fingerprint density at radius 3 is 3.33 bits per heavy atom. The third-order valence-electron chi connectivity index (χ3n) is 4.52. The lowest BCUT2D eigenvalue weighted by atomic mass is 9.73. The van der Waals surface area contributed by atoms with E-state index in [0.29, 0.717) is 25.5 Å². The molecule has 0 spiro atoms. The van der Waals surface area contributed by atoms with E-state index >= 15 is 0 Å². The SMILES string of the molecule is CCOCC12CCCOC1CCN(C(=O)c1cscn1)C2. The van der Waals surface area contributed by atoms with Gasteiger partial charge in [-0.2, -0.15) is 0 Å². The number of hydrogen-bond acceptors (Lipinski definition) is 5. The van der Waals surface area contributed by atoms with Crippen LogP contribution >= 0.6 is 11.3 Å². The monoisotopic (exact) mass is 310 g/mol. The number of hydrogen-bond donors (Lipinski definition) is 0. The van der Waals surface area contributed by atoms with E-state index in [1.54, 1.807) is 5.51 Å². The van der Waals surface area contributed by atoms with Crippen LogP contribution in [-0.2, 0) is 9.47 Å². The van der Waals surface area contributed by atoms with Gasteiger partial charge < -0.3 is 14.4 Å². The predicted molar refractivity (Wildman–Crippen MR) is 80.5 cm³/mol. The molecule has 0 N–H and O–H groups in total. The lowest BCUT2D eigenvalue weighted by Crippen LogP contribution is -2.58. The van der Waals surface area contributed by atoms with Gasteiger partial charge >= 0.3 is 0 Å². The fourth-order valence-corrected chi connectivity index (χ4v) is 3.99. The minimum Gasteiger partial charge on any atom is -0.381 e. The summed E-state index contributed by atoms with van der Waals surface area (Å²) in [6.45, 7) is 5.68. The quantitative estimate of drug-likeness (QED) is 0.855. The predicted octanol–water partition coefficient (Wildman–Crippen LogP) is 2.19. The molecule has 116 valence electrons. The Kier molecular flexibility index (Phi) is 4.57. The maximum Gasteiger partial charge on any atom is 0.273 e. The van der Waals surface area contributed by atoms with Crippen LogP contribution in [0.1, 0.15) is 36.7 Å². The van der Waals surface area contributed by atoms with E-state index in [1.807, 2.05) is 17.2 Å². The standard InChI is InChI=1S/C15H22N2O3S/c1-2-19-10-15-5-3-7-20-13(15)4-6-17(9-15)14(18)12-8-21-11-16-12/h8,11,13H,2-7,9-10H2,1H3. The van der Waals surface area contributed by atoms with Crippen LogP contribution in [-0.4, -0.2) is 54.8 Å². The van der Waals surface area contributed by atoms with Gasteiger partial charge in [0.05, 0.1) is 18.2 Å². The van der Waals surface area contributed by atoms with Gasteiger partial charge in [0.25, 0.3) is 5.91 Å². The average molecular weight is 310 g/mol. The first-order chi connectivity index (χ1) is 10.2. The average Bonchev–Trinajstić information content (AvgIpc) is 3.06. The van der Waals surface area contributed by atoms with Gasteiger partial charge in [-0.1, -0.05) is 0 Å². The van der Waals surface area contributed by atoms with Crippen LogP contribution in [0.5, 0.6) is 0 Å². The summed E-state index contributed by atoms with van der Waals surface area (Å²) in [6.07, 6.45) is 3.22. The van der Waals surface area contributed by atoms with Crippen LogP contribution in [0.4, 0.5) is 0 Å². The van der Waals surface area contributed by atoms with Crippen LogP contribution in [0.3, 0.4) is 0 Å². The van der Waals surface area contributed by atoms with Gasteiger partial charge in [0.1, 0.15) is 5.69 Å². The molecule has 2 aliphatic rings. The second-order valence-corrected chi connectivity index (χ2v) is 6.57. The zero-order valence-corrected chi connectivity index (χ0v) is 13.2. The lowest BCUT2D eigenvalue weighted by molar-refractivity contribution is -0.146. The minimum atomic E-state index is -0.0435. The molecule has 0 aliphatic carbocycles. The summed E-state index contributed by atoms with van der Waals surface area (Å²) in [6, 6.07) is 0. The number of ether oxygens (including phenoxy) is 2. The summed E-state index contributed by atoms with van der Waals surface area (Å²) < 4.78 is 11.7. The molecule has 5 nitrogen and oxygen atoms in total. The number of likely N-dealkylation sites (tertiary alicyclic amines) is 1. The number of carbonyl (C=O) groups is 1. The van der Waals surface area contributed by atoms with E-state index in [9.17, 15) is 4.79 Å². The first kappa shape index (κ1) is 14.9. The van der Waals surface area contributed by atoms with E-state index < -0.39 is 0 Å². The van der Waals surface area contributed by atoms with Gasteiger partial charge in [-0.05, 0) is 26.2 Å². The maximum absolute atomic E-state index is 12.5. The zero-order chi connectivity index (χ0) is 14.7. The van der Waals surface area contributed by atoms with Crippen LogP contribution in [0.25, 0.3) is 0 Å². The van der Waals surface area contributed by atoms with Crippen molar-refractivity contribution in [2.75, 3.05) is 32.9 Å².